The van der Waals surface area contributed by atoms with Crippen LogP contribution >= 0.6 is 0 Å². The van der Waals surface area contributed by atoms with Gasteiger partial charge in [0.15, 0.2) is 6.29 Å². The zero-order chi connectivity index (χ0) is 53.6. The molecule has 0 aromatic carbocycles. The summed E-state index contributed by atoms with van der Waals surface area (Å²) in [5, 5.41) is 54.6. The fourth-order valence-corrected chi connectivity index (χ4v) is 9.38. The number of carbonyl (C=O) groups excluding carboxylic acids is 1. The summed E-state index contributed by atoms with van der Waals surface area (Å²) in [6.07, 6.45) is 69.4. The second kappa shape index (κ2) is 53.8. The molecule has 0 aromatic heterocycles. The topological polar surface area (TPSA) is 149 Å². The SMILES string of the molecule is CC/C=C\C/C=C\C/C=C\C/C=C\C/C=C\CCCCCCCCCCCCCCCCCC(=O)NC(COC1OC(CO)C(O)C(O)C1O)C(O)/C=C/CC/C=C/CCCCCCCCCCCCCCCC. The van der Waals surface area contributed by atoms with Gasteiger partial charge in [-0.3, -0.25) is 4.79 Å². The summed E-state index contributed by atoms with van der Waals surface area (Å²) >= 11 is 0. The molecule has 74 heavy (non-hydrogen) atoms. The van der Waals surface area contributed by atoms with Crippen LogP contribution in [0.25, 0.3) is 0 Å². The van der Waals surface area contributed by atoms with E-state index in [1.807, 2.05) is 6.08 Å². The van der Waals surface area contributed by atoms with Gasteiger partial charge in [0.2, 0.25) is 5.91 Å². The van der Waals surface area contributed by atoms with Gasteiger partial charge in [-0.15, -0.1) is 0 Å². The molecule has 1 rings (SSSR count). The molecule has 0 aliphatic carbocycles. The second-order valence-electron chi connectivity index (χ2n) is 21.1. The van der Waals surface area contributed by atoms with E-state index in [-0.39, 0.29) is 12.5 Å². The Hall–Kier alpha value is -2.63. The number of aliphatic hydroxyl groups is 5. The Morgan fingerprint density at radius 1 is 0.473 bits per heavy atom. The van der Waals surface area contributed by atoms with E-state index >= 15 is 0 Å². The standard InChI is InChI=1S/C65H115NO8/c1-3-5-7-9-11-13-15-17-19-21-23-25-26-27-28-29-30-31-32-33-34-35-37-39-41-43-45-47-49-51-53-55-61(69)66-58(57-73-65-64(72)63(71)62(70)60(56-67)74-65)59(68)54-52-50-48-46-44-42-40-38-36-24-22-20-18-16-14-12-10-8-6-4-2/h5,7,11,13,17,19,23,25,27-28,44,46,52,54,58-60,62-65,67-68,70-72H,3-4,6,8-10,12,14-16,18,20-22,24,26,29-43,45,47-51,53,55-57H2,1-2H3,(H,66,69)/b7-5-,13-11-,19-17-,25-23-,28-27-,46-44+,54-52+. The third-order valence-corrected chi connectivity index (χ3v) is 14.2. The normalized spacial score (nSPS) is 19.6. The fraction of sp³-hybridized carbons (Fsp3) is 0.769. The number of amides is 1. The van der Waals surface area contributed by atoms with Crippen molar-refractivity contribution in [3.8, 4) is 0 Å². The fourth-order valence-electron chi connectivity index (χ4n) is 9.38. The van der Waals surface area contributed by atoms with Crippen molar-refractivity contribution in [2.75, 3.05) is 13.2 Å². The first-order chi connectivity index (χ1) is 36.3. The first-order valence-corrected chi connectivity index (χ1v) is 30.8. The number of hydrogen-bond donors (Lipinski definition) is 6. The van der Waals surface area contributed by atoms with Crippen LogP contribution in [0.3, 0.4) is 0 Å². The minimum Gasteiger partial charge on any atom is -0.394 e. The number of hydrogen-bond acceptors (Lipinski definition) is 8. The Balaban J connectivity index is 2.19. The molecule has 1 amide bonds. The first-order valence-electron chi connectivity index (χ1n) is 30.8. The minimum absolute atomic E-state index is 0.187. The van der Waals surface area contributed by atoms with E-state index in [0.29, 0.717) is 6.42 Å². The summed E-state index contributed by atoms with van der Waals surface area (Å²) in [6.45, 7) is 3.67. The van der Waals surface area contributed by atoms with Gasteiger partial charge in [-0.2, -0.15) is 0 Å². The predicted molar refractivity (Wildman–Crippen MR) is 313 cm³/mol. The number of carbonyl (C=O) groups is 1. The molecular formula is C65H115NO8. The van der Waals surface area contributed by atoms with Crippen LogP contribution in [0.4, 0.5) is 0 Å². The Bertz CT molecular complexity index is 1440. The molecule has 7 atom stereocenters. The Kier molecular flexibility index (Phi) is 50.4. The highest BCUT2D eigenvalue weighted by atomic mass is 16.7. The van der Waals surface area contributed by atoms with Crippen LogP contribution in [-0.4, -0.2) is 87.5 Å². The van der Waals surface area contributed by atoms with Crippen molar-refractivity contribution >= 4 is 5.91 Å². The molecule has 1 heterocycles. The lowest BCUT2D eigenvalue weighted by Crippen LogP contribution is -2.60. The van der Waals surface area contributed by atoms with Gasteiger partial charge in [-0.1, -0.05) is 266 Å². The maximum Gasteiger partial charge on any atom is 0.220 e. The molecule has 0 spiro atoms. The zero-order valence-electron chi connectivity index (χ0n) is 47.6. The van der Waals surface area contributed by atoms with E-state index in [0.717, 1.165) is 70.6 Å². The molecule has 0 aromatic rings. The summed E-state index contributed by atoms with van der Waals surface area (Å²) in [6, 6.07) is -0.826. The van der Waals surface area contributed by atoms with Crippen LogP contribution in [-0.2, 0) is 14.3 Å². The summed E-state index contributed by atoms with van der Waals surface area (Å²) in [7, 11) is 0. The lowest BCUT2D eigenvalue weighted by Gasteiger charge is -2.40. The maximum atomic E-state index is 13.1. The molecule has 9 heteroatoms. The molecule has 1 aliphatic heterocycles. The van der Waals surface area contributed by atoms with Gasteiger partial charge >= 0.3 is 0 Å². The summed E-state index contributed by atoms with van der Waals surface area (Å²) < 4.78 is 11.3. The van der Waals surface area contributed by atoms with Crippen molar-refractivity contribution in [2.45, 2.75) is 307 Å². The molecular weight excluding hydrogens is 923 g/mol. The van der Waals surface area contributed by atoms with E-state index in [4.69, 9.17) is 9.47 Å². The Morgan fingerprint density at radius 2 is 0.851 bits per heavy atom. The van der Waals surface area contributed by atoms with Gasteiger partial charge in [0.25, 0.3) is 0 Å². The monoisotopic (exact) mass is 1040 g/mol. The van der Waals surface area contributed by atoms with Crippen molar-refractivity contribution in [3.05, 3.63) is 85.1 Å². The first kappa shape index (κ1) is 69.4. The van der Waals surface area contributed by atoms with Crippen molar-refractivity contribution in [1.82, 2.24) is 5.32 Å². The summed E-state index contributed by atoms with van der Waals surface area (Å²) in [5.41, 5.74) is 0. The third-order valence-electron chi connectivity index (χ3n) is 14.2. The van der Waals surface area contributed by atoms with E-state index in [1.54, 1.807) is 6.08 Å². The van der Waals surface area contributed by atoms with Crippen LogP contribution < -0.4 is 5.32 Å². The van der Waals surface area contributed by atoms with Crippen LogP contribution in [0, 0.1) is 0 Å². The van der Waals surface area contributed by atoms with Gasteiger partial charge in [0.1, 0.15) is 24.4 Å². The molecule has 6 N–H and O–H groups in total. The number of nitrogens with one attached hydrogen (secondary N) is 1. The molecule has 7 unspecified atom stereocenters. The Morgan fingerprint density at radius 3 is 1.30 bits per heavy atom. The second-order valence-corrected chi connectivity index (χ2v) is 21.1. The molecule has 1 fully saturated rings. The van der Waals surface area contributed by atoms with E-state index < -0.39 is 49.5 Å². The quantitative estimate of drug-likeness (QED) is 0.0261. The predicted octanol–water partition coefficient (Wildman–Crippen LogP) is 15.8. The molecule has 1 aliphatic rings. The average Bonchev–Trinajstić information content (AvgIpc) is 3.40. The molecule has 0 radical (unpaired) electrons. The van der Waals surface area contributed by atoms with Crippen LogP contribution in [0.5, 0.6) is 0 Å². The average molecular weight is 1040 g/mol. The number of unbranched alkanes of at least 4 members (excludes halogenated alkanes) is 30. The van der Waals surface area contributed by atoms with E-state index in [2.05, 4.69) is 92.1 Å². The van der Waals surface area contributed by atoms with Crippen LogP contribution in [0.15, 0.2) is 85.1 Å². The number of allylic oxidation sites excluding steroid dienone is 13. The van der Waals surface area contributed by atoms with E-state index in [1.165, 1.54) is 173 Å². The van der Waals surface area contributed by atoms with Crippen LogP contribution in [0.2, 0.25) is 0 Å². The van der Waals surface area contributed by atoms with Crippen molar-refractivity contribution in [1.29, 1.82) is 0 Å². The molecule has 1 saturated heterocycles. The van der Waals surface area contributed by atoms with Gasteiger partial charge in [0, 0.05) is 6.42 Å². The summed E-state index contributed by atoms with van der Waals surface area (Å²) in [4.78, 5) is 13.1. The van der Waals surface area contributed by atoms with Crippen molar-refractivity contribution in [2.24, 2.45) is 0 Å². The van der Waals surface area contributed by atoms with Gasteiger partial charge in [-0.05, 0) is 77.0 Å². The zero-order valence-corrected chi connectivity index (χ0v) is 47.6. The lowest BCUT2D eigenvalue weighted by molar-refractivity contribution is -0.302. The number of ether oxygens (including phenoxy) is 2. The Labute approximate surface area is 454 Å². The highest BCUT2D eigenvalue weighted by molar-refractivity contribution is 5.76. The number of rotatable bonds is 52. The lowest BCUT2D eigenvalue weighted by atomic mass is 9.99. The highest BCUT2D eigenvalue weighted by Gasteiger charge is 2.44. The highest BCUT2D eigenvalue weighted by Crippen LogP contribution is 2.23. The van der Waals surface area contributed by atoms with E-state index in [9.17, 15) is 30.3 Å². The van der Waals surface area contributed by atoms with Crippen molar-refractivity contribution < 1.29 is 39.8 Å². The molecule has 0 bridgehead atoms. The maximum absolute atomic E-state index is 13.1. The molecule has 9 nitrogen and oxygen atoms in total. The van der Waals surface area contributed by atoms with Crippen molar-refractivity contribution in [3.63, 3.8) is 0 Å². The molecule has 0 saturated carbocycles. The van der Waals surface area contributed by atoms with Gasteiger partial charge in [0.05, 0.1) is 25.4 Å². The van der Waals surface area contributed by atoms with Gasteiger partial charge in [-0.25, -0.2) is 0 Å². The summed E-state index contributed by atoms with van der Waals surface area (Å²) in [5.74, 6) is -0.187. The third kappa shape index (κ3) is 42.5. The largest absolute Gasteiger partial charge is 0.394 e. The van der Waals surface area contributed by atoms with Crippen LogP contribution in [0.1, 0.15) is 264 Å². The van der Waals surface area contributed by atoms with Gasteiger partial charge < -0.3 is 40.3 Å². The minimum atomic E-state index is -1.58. The smallest absolute Gasteiger partial charge is 0.220 e. The molecule has 428 valence electrons. The number of aliphatic hydroxyl groups excluding tert-OH is 5.